The van der Waals surface area contributed by atoms with Crippen molar-refractivity contribution in [1.29, 1.82) is 0 Å². The lowest BCUT2D eigenvalue weighted by atomic mass is 9.88. The molecule has 2 atom stereocenters. The van der Waals surface area contributed by atoms with Crippen LogP contribution < -0.4 is 0 Å². The van der Waals surface area contributed by atoms with Gasteiger partial charge in [-0.1, -0.05) is 13.8 Å². The van der Waals surface area contributed by atoms with Crippen molar-refractivity contribution in [2.75, 3.05) is 13.1 Å². The number of carbonyl (C=O) groups excluding carboxylic acids is 1. The molecule has 1 saturated carbocycles. The number of amides is 1. The highest BCUT2D eigenvalue weighted by atomic mass is 19.4. The summed E-state index contributed by atoms with van der Waals surface area (Å²) < 4.78 is 38.5. The summed E-state index contributed by atoms with van der Waals surface area (Å²) in [6.45, 7) is 2.29. The molecule has 0 aromatic rings. The third-order valence-corrected chi connectivity index (χ3v) is 4.62. The molecule has 2 fully saturated rings. The predicted octanol–water partition coefficient (Wildman–Crippen LogP) is 2.53. The van der Waals surface area contributed by atoms with Crippen LogP contribution in [0.3, 0.4) is 0 Å². The average Bonchev–Trinajstić information content (AvgIpc) is 3.05. The van der Waals surface area contributed by atoms with Gasteiger partial charge < -0.3 is 10.0 Å². The second kappa shape index (κ2) is 5.18. The van der Waals surface area contributed by atoms with Gasteiger partial charge in [-0.15, -0.1) is 0 Å². The molecule has 1 amide bonds. The predicted molar refractivity (Wildman–Crippen MR) is 68.4 cm³/mol. The Labute approximate surface area is 121 Å². The topological polar surface area (TPSA) is 57.6 Å². The van der Waals surface area contributed by atoms with Crippen LogP contribution >= 0.6 is 0 Å². The second-order valence-corrected chi connectivity index (χ2v) is 6.80. The molecule has 21 heavy (non-hydrogen) atoms. The van der Waals surface area contributed by atoms with Gasteiger partial charge in [0.15, 0.2) is 0 Å². The fourth-order valence-corrected chi connectivity index (χ4v) is 2.89. The second-order valence-electron chi connectivity index (χ2n) is 6.80. The summed E-state index contributed by atoms with van der Waals surface area (Å²) in [6, 6.07) is 0. The van der Waals surface area contributed by atoms with Crippen molar-refractivity contribution in [2.45, 2.75) is 39.3 Å². The van der Waals surface area contributed by atoms with Crippen molar-refractivity contribution in [1.82, 2.24) is 4.90 Å². The number of likely N-dealkylation sites (tertiary alicyclic amines) is 1. The van der Waals surface area contributed by atoms with Gasteiger partial charge in [0.05, 0.1) is 11.3 Å². The summed E-state index contributed by atoms with van der Waals surface area (Å²) >= 11 is 0. The number of aliphatic carboxylic acids is 1. The third-order valence-electron chi connectivity index (χ3n) is 4.62. The Morgan fingerprint density at radius 2 is 1.76 bits per heavy atom. The van der Waals surface area contributed by atoms with Crippen LogP contribution in [0.1, 0.15) is 33.1 Å². The first-order chi connectivity index (χ1) is 9.53. The zero-order valence-electron chi connectivity index (χ0n) is 12.1. The van der Waals surface area contributed by atoms with E-state index >= 15 is 0 Å². The van der Waals surface area contributed by atoms with Gasteiger partial charge in [-0.3, -0.25) is 9.59 Å². The standard InChI is InChI=1S/C14H20F3NO3/c1-13(2,14(15,16)17)5-11(19)18-6-9(8-3-4-8)10(7-18)12(20)21/h8-10H,3-7H2,1-2H3,(H,20,21)/t9-,10+/m1/s1. The molecule has 1 heterocycles. The molecular weight excluding hydrogens is 287 g/mol. The van der Waals surface area contributed by atoms with E-state index in [1.54, 1.807) is 0 Å². The zero-order valence-corrected chi connectivity index (χ0v) is 12.1. The monoisotopic (exact) mass is 307 g/mol. The molecule has 120 valence electrons. The Morgan fingerprint density at radius 3 is 2.19 bits per heavy atom. The molecule has 0 unspecified atom stereocenters. The van der Waals surface area contributed by atoms with E-state index in [9.17, 15) is 27.9 Å². The Kier molecular flexibility index (Phi) is 3.97. The van der Waals surface area contributed by atoms with Crippen LogP contribution in [0.4, 0.5) is 13.2 Å². The summed E-state index contributed by atoms with van der Waals surface area (Å²) in [7, 11) is 0. The van der Waals surface area contributed by atoms with E-state index in [1.807, 2.05) is 0 Å². The van der Waals surface area contributed by atoms with Crippen molar-refractivity contribution >= 4 is 11.9 Å². The van der Waals surface area contributed by atoms with Gasteiger partial charge in [-0.05, 0) is 24.7 Å². The normalized spacial score (nSPS) is 27.0. The molecule has 0 bridgehead atoms. The van der Waals surface area contributed by atoms with Crippen LogP contribution in [-0.2, 0) is 9.59 Å². The molecule has 1 N–H and O–H groups in total. The van der Waals surface area contributed by atoms with E-state index in [0.717, 1.165) is 26.7 Å². The molecule has 0 aromatic carbocycles. The summed E-state index contributed by atoms with van der Waals surface area (Å²) in [4.78, 5) is 24.6. The smallest absolute Gasteiger partial charge is 0.394 e. The first-order valence-electron chi connectivity index (χ1n) is 7.10. The minimum Gasteiger partial charge on any atom is -0.481 e. The Hall–Kier alpha value is -1.27. The summed E-state index contributed by atoms with van der Waals surface area (Å²) in [5.74, 6) is -2.01. The Morgan fingerprint density at radius 1 is 1.19 bits per heavy atom. The number of carbonyl (C=O) groups is 2. The largest absolute Gasteiger partial charge is 0.481 e. The van der Waals surface area contributed by atoms with E-state index in [0.29, 0.717) is 5.92 Å². The van der Waals surface area contributed by atoms with Gasteiger partial charge in [0.25, 0.3) is 0 Å². The molecule has 7 heteroatoms. The van der Waals surface area contributed by atoms with E-state index < -0.39 is 35.8 Å². The van der Waals surface area contributed by atoms with E-state index in [-0.39, 0.29) is 19.0 Å². The van der Waals surface area contributed by atoms with Crippen LogP contribution in [0, 0.1) is 23.2 Å². The quantitative estimate of drug-likeness (QED) is 0.868. The first-order valence-corrected chi connectivity index (χ1v) is 7.10. The number of halogens is 3. The Bertz CT molecular complexity index is 443. The molecule has 2 aliphatic rings. The van der Waals surface area contributed by atoms with Crippen LogP contribution in [-0.4, -0.2) is 41.1 Å². The maximum absolute atomic E-state index is 12.8. The lowest BCUT2D eigenvalue weighted by molar-refractivity contribution is -0.215. The third kappa shape index (κ3) is 3.32. The van der Waals surface area contributed by atoms with Crippen LogP contribution in [0.2, 0.25) is 0 Å². The number of carboxylic acids is 1. The molecular formula is C14H20F3NO3. The minimum absolute atomic E-state index is 0.0310. The maximum atomic E-state index is 12.8. The van der Waals surface area contributed by atoms with Crippen molar-refractivity contribution in [3.05, 3.63) is 0 Å². The van der Waals surface area contributed by atoms with Crippen molar-refractivity contribution in [3.63, 3.8) is 0 Å². The zero-order chi connectivity index (χ0) is 16.0. The van der Waals surface area contributed by atoms with Crippen molar-refractivity contribution in [2.24, 2.45) is 23.2 Å². The highest BCUT2D eigenvalue weighted by Gasteiger charge is 2.51. The molecule has 1 saturated heterocycles. The molecule has 0 aromatic heterocycles. The van der Waals surface area contributed by atoms with Gasteiger partial charge >= 0.3 is 12.1 Å². The fraction of sp³-hybridized carbons (Fsp3) is 0.857. The van der Waals surface area contributed by atoms with E-state index in [2.05, 4.69) is 0 Å². The fourth-order valence-electron chi connectivity index (χ4n) is 2.89. The number of hydrogen-bond acceptors (Lipinski definition) is 2. The van der Waals surface area contributed by atoms with Crippen LogP contribution in [0.25, 0.3) is 0 Å². The first kappa shape index (κ1) is 16.1. The highest BCUT2D eigenvalue weighted by molar-refractivity contribution is 5.79. The molecule has 0 spiro atoms. The summed E-state index contributed by atoms with van der Waals surface area (Å²) in [5, 5.41) is 9.20. The minimum atomic E-state index is -4.45. The average molecular weight is 307 g/mol. The van der Waals surface area contributed by atoms with Crippen molar-refractivity contribution in [3.8, 4) is 0 Å². The maximum Gasteiger partial charge on any atom is 0.394 e. The van der Waals surface area contributed by atoms with Crippen LogP contribution in [0.15, 0.2) is 0 Å². The highest BCUT2D eigenvalue weighted by Crippen LogP contribution is 2.45. The molecule has 4 nitrogen and oxygen atoms in total. The van der Waals surface area contributed by atoms with Crippen LogP contribution in [0.5, 0.6) is 0 Å². The van der Waals surface area contributed by atoms with Gasteiger partial charge in [0, 0.05) is 19.5 Å². The summed E-state index contributed by atoms with van der Waals surface area (Å²) in [5.41, 5.74) is -2.10. The number of nitrogens with zero attached hydrogens (tertiary/aromatic N) is 1. The van der Waals surface area contributed by atoms with Gasteiger partial charge in [-0.25, -0.2) is 0 Å². The number of carboxylic acid groups (broad SMARTS) is 1. The van der Waals surface area contributed by atoms with Gasteiger partial charge in [0.2, 0.25) is 5.91 Å². The van der Waals surface area contributed by atoms with Crippen molar-refractivity contribution < 1.29 is 27.9 Å². The lowest BCUT2D eigenvalue weighted by Crippen LogP contribution is -2.39. The van der Waals surface area contributed by atoms with E-state index in [1.165, 1.54) is 4.90 Å². The molecule has 2 rings (SSSR count). The number of hydrogen-bond donors (Lipinski definition) is 1. The number of rotatable bonds is 4. The summed E-state index contributed by atoms with van der Waals surface area (Å²) in [6.07, 6.45) is -3.19. The van der Waals surface area contributed by atoms with Gasteiger partial charge in [-0.2, -0.15) is 13.2 Å². The SMILES string of the molecule is CC(C)(CC(=O)N1C[C@H](C(=O)O)[C@@H](C2CC2)C1)C(F)(F)F. The lowest BCUT2D eigenvalue weighted by Gasteiger charge is -2.29. The Balaban J connectivity index is 2.02. The van der Waals surface area contributed by atoms with Gasteiger partial charge in [0.1, 0.15) is 0 Å². The number of alkyl halides is 3. The van der Waals surface area contributed by atoms with E-state index in [4.69, 9.17) is 0 Å². The molecule has 0 radical (unpaired) electrons. The molecule has 1 aliphatic carbocycles. The molecule has 1 aliphatic heterocycles.